The highest BCUT2D eigenvalue weighted by Crippen LogP contribution is 2.45. The number of carbonyl (C=O) groups is 4. The summed E-state index contributed by atoms with van der Waals surface area (Å²) in [5.41, 5.74) is 0. The third kappa shape index (κ3) is 62.6. The van der Waals surface area contributed by atoms with Crippen LogP contribution in [0.3, 0.4) is 0 Å². The number of unbranched alkanes of at least 4 members (excludes halogenated alkanes) is 40. The summed E-state index contributed by atoms with van der Waals surface area (Å²) < 4.78 is 67.9. The van der Waals surface area contributed by atoms with E-state index in [1.54, 1.807) is 0 Å². The maximum atomic E-state index is 13.0. The van der Waals surface area contributed by atoms with Crippen molar-refractivity contribution in [2.24, 2.45) is 5.92 Å². The monoisotopic (exact) mass is 1280 g/mol. The van der Waals surface area contributed by atoms with Gasteiger partial charge in [0.1, 0.15) is 19.3 Å². The third-order valence-corrected chi connectivity index (χ3v) is 17.7. The minimum absolute atomic E-state index is 0.105. The van der Waals surface area contributed by atoms with E-state index in [4.69, 9.17) is 37.0 Å². The van der Waals surface area contributed by atoms with Crippen LogP contribution < -0.4 is 0 Å². The minimum atomic E-state index is -4.95. The fourth-order valence-corrected chi connectivity index (χ4v) is 11.9. The van der Waals surface area contributed by atoms with Gasteiger partial charge in [-0.1, -0.05) is 298 Å². The summed E-state index contributed by atoms with van der Waals surface area (Å²) in [5.74, 6) is -1.33. The number of aliphatic hydroxyl groups is 1. The molecule has 0 aliphatic heterocycles. The lowest BCUT2D eigenvalue weighted by Gasteiger charge is -2.21. The van der Waals surface area contributed by atoms with Gasteiger partial charge in [-0.05, 0) is 31.6 Å². The zero-order valence-electron chi connectivity index (χ0n) is 56.2. The van der Waals surface area contributed by atoms with E-state index in [0.717, 1.165) is 102 Å². The molecule has 0 aliphatic rings. The summed E-state index contributed by atoms with van der Waals surface area (Å²) in [4.78, 5) is 72.1. The molecule has 0 aliphatic carbocycles. The topological polar surface area (TPSA) is 237 Å². The average molecular weight is 1280 g/mol. The Morgan fingerprint density at radius 1 is 0.310 bits per heavy atom. The van der Waals surface area contributed by atoms with E-state index >= 15 is 0 Å². The van der Waals surface area contributed by atoms with E-state index in [1.807, 2.05) is 0 Å². The molecule has 0 rings (SSSR count). The van der Waals surface area contributed by atoms with Crippen molar-refractivity contribution in [1.82, 2.24) is 0 Å². The maximum absolute atomic E-state index is 13.0. The van der Waals surface area contributed by atoms with Crippen LogP contribution in [-0.2, 0) is 65.4 Å². The van der Waals surface area contributed by atoms with Crippen molar-refractivity contribution in [3.63, 3.8) is 0 Å². The van der Waals surface area contributed by atoms with Crippen LogP contribution in [0.1, 0.15) is 349 Å². The van der Waals surface area contributed by atoms with Crippen LogP contribution in [0.5, 0.6) is 0 Å². The van der Waals surface area contributed by atoms with Gasteiger partial charge in [0.05, 0.1) is 26.4 Å². The van der Waals surface area contributed by atoms with E-state index in [0.29, 0.717) is 25.7 Å². The number of phosphoric acid groups is 2. The molecule has 0 fully saturated rings. The molecule has 0 saturated heterocycles. The van der Waals surface area contributed by atoms with E-state index in [2.05, 4.69) is 34.6 Å². The lowest BCUT2D eigenvalue weighted by Crippen LogP contribution is -2.30. The fourth-order valence-electron chi connectivity index (χ4n) is 10.3. The van der Waals surface area contributed by atoms with Gasteiger partial charge in [0.15, 0.2) is 12.2 Å². The first-order valence-corrected chi connectivity index (χ1v) is 38.6. The molecule has 19 heteroatoms. The van der Waals surface area contributed by atoms with Crippen molar-refractivity contribution in [3.8, 4) is 0 Å². The number of carbonyl (C=O) groups excluding carboxylic acids is 4. The Balaban J connectivity index is 5.13. The zero-order valence-corrected chi connectivity index (χ0v) is 57.9. The maximum Gasteiger partial charge on any atom is 0.472 e. The summed E-state index contributed by atoms with van der Waals surface area (Å²) >= 11 is 0. The van der Waals surface area contributed by atoms with Crippen molar-refractivity contribution >= 4 is 39.5 Å². The molecule has 0 radical (unpaired) electrons. The number of phosphoric ester groups is 2. The average Bonchev–Trinajstić information content (AvgIpc) is 3.70. The van der Waals surface area contributed by atoms with Gasteiger partial charge in [-0.3, -0.25) is 37.3 Å². The molecule has 516 valence electrons. The van der Waals surface area contributed by atoms with Gasteiger partial charge in [-0.25, -0.2) is 9.13 Å². The lowest BCUT2D eigenvalue weighted by molar-refractivity contribution is -0.161. The summed E-state index contributed by atoms with van der Waals surface area (Å²) in [5, 5.41) is 10.5. The number of rotatable bonds is 68. The van der Waals surface area contributed by atoms with Gasteiger partial charge in [0, 0.05) is 25.7 Å². The van der Waals surface area contributed by atoms with Crippen molar-refractivity contribution in [3.05, 3.63) is 0 Å². The second kappa shape index (κ2) is 61.6. The van der Waals surface area contributed by atoms with Gasteiger partial charge in [-0.15, -0.1) is 0 Å². The molecule has 0 heterocycles. The Bertz CT molecular complexity index is 1690. The summed E-state index contributed by atoms with van der Waals surface area (Å²) in [6.07, 6.45) is 47.6. The second-order valence-electron chi connectivity index (χ2n) is 25.0. The van der Waals surface area contributed by atoms with E-state index in [-0.39, 0.29) is 25.7 Å². The van der Waals surface area contributed by atoms with Gasteiger partial charge < -0.3 is 33.8 Å². The fraction of sp³-hybridized carbons (Fsp3) is 0.941. The molecule has 17 nitrogen and oxygen atoms in total. The van der Waals surface area contributed by atoms with Crippen LogP contribution in [0.15, 0.2) is 0 Å². The Morgan fingerprint density at radius 3 is 0.782 bits per heavy atom. The van der Waals surface area contributed by atoms with Crippen molar-refractivity contribution < 1.29 is 80.2 Å². The van der Waals surface area contributed by atoms with Crippen molar-refractivity contribution in [2.45, 2.75) is 368 Å². The van der Waals surface area contributed by atoms with Gasteiger partial charge >= 0.3 is 39.5 Å². The Morgan fingerprint density at radius 2 is 0.529 bits per heavy atom. The molecule has 5 atom stereocenters. The predicted molar refractivity (Wildman–Crippen MR) is 349 cm³/mol. The molecule has 0 spiro atoms. The molecular weight excluding hydrogens is 1150 g/mol. The van der Waals surface area contributed by atoms with E-state index < -0.39 is 97.5 Å². The van der Waals surface area contributed by atoms with Gasteiger partial charge in [0.2, 0.25) is 0 Å². The number of aliphatic hydroxyl groups excluding tert-OH is 1. The van der Waals surface area contributed by atoms with Crippen LogP contribution in [-0.4, -0.2) is 96.7 Å². The third-order valence-electron chi connectivity index (χ3n) is 15.8. The largest absolute Gasteiger partial charge is 0.472 e. The first-order chi connectivity index (χ1) is 42.0. The quantitative estimate of drug-likeness (QED) is 0.0222. The highest BCUT2D eigenvalue weighted by Gasteiger charge is 2.30. The normalized spacial score (nSPS) is 14.1. The number of hydrogen-bond donors (Lipinski definition) is 3. The molecule has 0 amide bonds. The molecule has 0 aromatic rings. The highest BCUT2D eigenvalue weighted by atomic mass is 31.2. The molecule has 2 unspecified atom stereocenters. The molecule has 87 heavy (non-hydrogen) atoms. The van der Waals surface area contributed by atoms with Gasteiger partial charge in [-0.2, -0.15) is 0 Å². The van der Waals surface area contributed by atoms with Gasteiger partial charge in [0.25, 0.3) is 0 Å². The molecule has 0 saturated carbocycles. The molecular formula is C68H132O17P2. The van der Waals surface area contributed by atoms with Crippen LogP contribution >= 0.6 is 15.6 Å². The smallest absolute Gasteiger partial charge is 0.462 e. The molecule has 0 bridgehead atoms. The Kier molecular flexibility index (Phi) is 60.2. The lowest BCUT2D eigenvalue weighted by atomic mass is 10.0. The second-order valence-corrected chi connectivity index (χ2v) is 27.9. The Labute approximate surface area is 530 Å². The summed E-state index contributed by atoms with van der Waals surface area (Å²) in [7, 11) is -9.88. The molecule has 0 aromatic carbocycles. The van der Waals surface area contributed by atoms with E-state index in [1.165, 1.54) is 167 Å². The Hall–Kier alpha value is -1.94. The van der Waals surface area contributed by atoms with Crippen molar-refractivity contribution in [2.75, 3.05) is 39.6 Å². The first kappa shape index (κ1) is 85.1. The number of ether oxygens (including phenoxy) is 4. The minimum Gasteiger partial charge on any atom is -0.462 e. The SMILES string of the molecule is CCCCCCCCCCCCCCCCC(=O)OC[C@H](COP(=O)(O)OC[C@@H](O)COP(=O)(O)OC[C@@H](COC(=O)CCCCCCC)OC(=O)CCCCCCCCCCC)OC(=O)CCCCCCCCCCCCCCCCCCC(C)C. The first-order valence-electron chi connectivity index (χ1n) is 35.6. The van der Waals surface area contributed by atoms with Crippen LogP contribution in [0, 0.1) is 5.92 Å². The standard InChI is InChI=1S/C68H132O17P2/c1-6-9-12-15-17-19-20-21-27-30-34-37-42-47-52-66(71)79-58-64(85-68(73)54-49-44-39-35-31-28-25-23-22-24-26-29-33-36-41-45-50-61(4)5)60-83-87(76,77)81-56-62(69)55-80-86(74,75)82-59-63(57-78-65(70)51-46-40-14-11-8-3)84-67(72)53-48-43-38-32-18-16-13-10-7-2/h61-64,69H,6-60H2,1-5H3,(H,74,75)(H,76,77)/t62-,63+,64+/m0/s1. The zero-order chi connectivity index (χ0) is 64.2. The summed E-state index contributed by atoms with van der Waals surface area (Å²) in [6.45, 7) is 7.16. The molecule has 3 N–H and O–H groups in total. The van der Waals surface area contributed by atoms with Crippen LogP contribution in [0.2, 0.25) is 0 Å². The van der Waals surface area contributed by atoms with E-state index in [9.17, 15) is 43.2 Å². The highest BCUT2D eigenvalue weighted by molar-refractivity contribution is 7.47. The molecule has 0 aromatic heterocycles. The number of esters is 4. The van der Waals surface area contributed by atoms with Crippen LogP contribution in [0.4, 0.5) is 0 Å². The van der Waals surface area contributed by atoms with Crippen LogP contribution in [0.25, 0.3) is 0 Å². The summed E-state index contributed by atoms with van der Waals surface area (Å²) in [6, 6.07) is 0. The van der Waals surface area contributed by atoms with Crippen molar-refractivity contribution in [1.29, 1.82) is 0 Å². The number of hydrogen-bond acceptors (Lipinski definition) is 15. The predicted octanol–water partition coefficient (Wildman–Crippen LogP) is 19.4.